The van der Waals surface area contributed by atoms with E-state index < -0.39 is 35.1 Å². The van der Waals surface area contributed by atoms with Gasteiger partial charge in [0.05, 0.1) is 0 Å². The number of carboxylic acid groups (broad SMARTS) is 1. The number of carbonyl (C=O) groups is 3. The quantitative estimate of drug-likeness (QED) is 0.418. The first kappa shape index (κ1) is 25.1. The van der Waals surface area contributed by atoms with Crippen LogP contribution in [0, 0.1) is 0 Å². The van der Waals surface area contributed by atoms with Gasteiger partial charge in [-0.1, -0.05) is 29.8 Å². The third-order valence-corrected chi connectivity index (χ3v) is 4.66. The van der Waals surface area contributed by atoms with Crippen LogP contribution in [-0.2, 0) is 9.47 Å². The minimum absolute atomic E-state index is 0.164. The van der Waals surface area contributed by atoms with Crippen LogP contribution in [0.25, 0.3) is 22.1 Å². The van der Waals surface area contributed by atoms with Crippen molar-refractivity contribution in [2.45, 2.75) is 52.7 Å². The molecule has 0 aliphatic heterocycles. The number of amides is 2. The lowest BCUT2D eigenvalue weighted by atomic mass is 10.0. The standard InChI is InChI=1S/C25H26ClNO7/c1-24(2,3)33-22(30)27(23(31)34-25(4,5)6)19-17-12-9-15(14-7-10-16(26)11-8-14)13-18(17)32-20(19)21(28)29/h7-13H,1-6H3,(H,28,29). The highest BCUT2D eigenvalue weighted by atomic mass is 35.5. The minimum Gasteiger partial charge on any atom is -0.475 e. The summed E-state index contributed by atoms with van der Waals surface area (Å²) >= 11 is 5.96. The molecule has 3 rings (SSSR count). The lowest BCUT2D eigenvalue weighted by Gasteiger charge is -2.28. The van der Waals surface area contributed by atoms with Crippen LogP contribution < -0.4 is 4.90 Å². The summed E-state index contributed by atoms with van der Waals surface area (Å²) in [7, 11) is 0. The average molecular weight is 488 g/mol. The number of rotatable bonds is 3. The van der Waals surface area contributed by atoms with Gasteiger partial charge in [-0.25, -0.2) is 14.4 Å². The highest BCUT2D eigenvalue weighted by molar-refractivity contribution is 6.30. The number of hydrogen-bond donors (Lipinski definition) is 1. The maximum absolute atomic E-state index is 13.1. The highest BCUT2D eigenvalue weighted by Crippen LogP contribution is 2.38. The van der Waals surface area contributed by atoms with E-state index in [-0.39, 0.29) is 16.7 Å². The Kier molecular flexibility index (Phi) is 6.66. The maximum Gasteiger partial charge on any atom is 0.424 e. The molecule has 1 heterocycles. The zero-order valence-electron chi connectivity index (χ0n) is 19.8. The monoisotopic (exact) mass is 487 g/mol. The van der Waals surface area contributed by atoms with Gasteiger partial charge in [-0.15, -0.1) is 0 Å². The van der Waals surface area contributed by atoms with Gasteiger partial charge in [0.2, 0.25) is 5.76 Å². The number of fused-ring (bicyclic) bond motifs is 1. The lowest BCUT2D eigenvalue weighted by molar-refractivity contribution is 0.0430. The molecule has 0 radical (unpaired) electrons. The molecule has 9 heteroatoms. The topological polar surface area (TPSA) is 106 Å². The van der Waals surface area contributed by atoms with Crippen LogP contribution in [0.1, 0.15) is 52.1 Å². The molecule has 0 aliphatic rings. The number of halogens is 1. The molecule has 0 bridgehead atoms. The maximum atomic E-state index is 13.1. The van der Waals surface area contributed by atoms with E-state index in [1.807, 2.05) is 0 Å². The van der Waals surface area contributed by atoms with Crippen LogP contribution in [0.4, 0.5) is 15.3 Å². The first-order valence-corrected chi connectivity index (χ1v) is 10.9. The third-order valence-electron chi connectivity index (χ3n) is 4.41. The SMILES string of the molecule is CC(C)(C)OC(=O)N(C(=O)OC(C)(C)C)c1c(C(=O)O)oc2cc(-c3ccc(Cl)cc3)ccc12. The highest BCUT2D eigenvalue weighted by Gasteiger charge is 2.38. The number of anilines is 1. The largest absolute Gasteiger partial charge is 0.475 e. The molecule has 0 unspecified atom stereocenters. The number of carbonyl (C=O) groups excluding carboxylic acids is 2. The second-order valence-electron chi connectivity index (χ2n) is 9.60. The molecule has 0 saturated heterocycles. The summed E-state index contributed by atoms with van der Waals surface area (Å²) in [4.78, 5) is 38.8. The fraction of sp³-hybridized carbons (Fsp3) is 0.320. The van der Waals surface area contributed by atoms with Crippen molar-refractivity contribution in [3.05, 3.63) is 53.2 Å². The summed E-state index contributed by atoms with van der Waals surface area (Å²) < 4.78 is 16.4. The fourth-order valence-corrected chi connectivity index (χ4v) is 3.27. The Morgan fingerprint density at radius 2 is 1.35 bits per heavy atom. The van der Waals surface area contributed by atoms with Gasteiger partial charge in [0.25, 0.3) is 0 Å². The number of carboxylic acids is 1. The van der Waals surface area contributed by atoms with E-state index in [0.29, 0.717) is 9.92 Å². The number of benzene rings is 2. The Hall–Kier alpha value is -3.52. The van der Waals surface area contributed by atoms with Crippen molar-refractivity contribution in [2.24, 2.45) is 0 Å². The van der Waals surface area contributed by atoms with E-state index in [9.17, 15) is 19.5 Å². The normalized spacial score (nSPS) is 11.9. The molecule has 180 valence electrons. The molecule has 34 heavy (non-hydrogen) atoms. The van der Waals surface area contributed by atoms with E-state index in [4.69, 9.17) is 25.5 Å². The Morgan fingerprint density at radius 1 is 0.853 bits per heavy atom. The van der Waals surface area contributed by atoms with Crippen LogP contribution in [0.5, 0.6) is 0 Å². The Morgan fingerprint density at radius 3 is 1.82 bits per heavy atom. The van der Waals surface area contributed by atoms with E-state index in [1.54, 1.807) is 84.0 Å². The van der Waals surface area contributed by atoms with Gasteiger partial charge in [-0.05, 0) is 76.9 Å². The van der Waals surface area contributed by atoms with Crippen LogP contribution >= 0.6 is 11.6 Å². The van der Waals surface area contributed by atoms with E-state index in [2.05, 4.69) is 0 Å². The summed E-state index contributed by atoms with van der Waals surface area (Å²) in [5.41, 5.74) is -0.477. The molecule has 0 aliphatic carbocycles. The number of imide groups is 1. The van der Waals surface area contributed by atoms with Crippen LogP contribution in [0.15, 0.2) is 46.9 Å². The molecular weight excluding hydrogens is 462 g/mol. The first-order valence-electron chi connectivity index (χ1n) is 10.5. The summed E-state index contributed by atoms with van der Waals surface area (Å²) in [6, 6.07) is 12.0. The zero-order chi connectivity index (χ0) is 25.4. The van der Waals surface area contributed by atoms with E-state index >= 15 is 0 Å². The predicted octanol–water partition coefficient (Wildman–Crippen LogP) is 7.13. The smallest absolute Gasteiger partial charge is 0.424 e. The number of hydrogen-bond acceptors (Lipinski definition) is 6. The van der Waals surface area contributed by atoms with Gasteiger partial charge in [0, 0.05) is 10.4 Å². The molecular formula is C25H26ClNO7. The van der Waals surface area contributed by atoms with Gasteiger partial charge in [-0.2, -0.15) is 4.90 Å². The molecule has 3 aromatic rings. The molecule has 1 aromatic heterocycles. The number of aromatic carboxylic acids is 1. The van der Waals surface area contributed by atoms with Crippen LogP contribution in [0.2, 0.25) is 5.02 Å². The summed E-state index contributed by atoms with van der Waals surface area (Å²) in [5.74, 6) is -2.06. The Labute approximate surface area is 202 Å². The second-order valence-corrected chi connectivity index (χ2v) is 10.0. The van der Waals surface area contributed by atoms with Crippen molar-refractivity contribution >= 4 is 46.4 Å². The summed E-state index contributed by atoms with van der Waals surface area (Å²) in [6.07, 6.45) is -2.18. The predicted molar refractivity (Wildman–Crippen MR) is 129 cm³/mol. The molecule has 2 aromatic carbocycles. The number of nitrogens with zero attached hydrogens (tertiary/aromatic N) is 1. The Balaban J connectivity index is 2.21. The second kappa shape index (κ2) is 9.02. The fourth-order valence-electron chi connectivity index (χ4n) is 3.14. The summed E-state index contributed by atoms with van der Waals surface area (Å²) in [5, 5.41) is 10.6. The van der Waals surface area contributed by atoms with Gasteiger partial charge in [0.15, 0.2) is 0 Å². The number of furan rings is 1. The van der Waals surface area contributed by atoms with Crippen molar-refractivity contribution < 1.29 is 33.4 Å². The van der Waals surface area contributed by atoms with Crippen molar-refractivity contribution in [1.29, 1.82) is 0 Å². The molecule has 0 atom stereocenters. The van der Waals surface area contributed by atoms with Crippen molar-refractivity contribution in [3.8, 4) is 11.1 Å². The van der Waals surface area contributed by atoms with Gasteiger partial charge in [-0.3, -0.25) is 0 Å². The van der Waals surface area contributed by atoms with E-state index in [1.165, 1.54) is 0 Å². The molecule has 8 nitrogen and oxygen atoms in total. The summed E-state index contributed by atoms with van der Waals surface area (Å²) in [6.45, 7) is 9.76. The lowest BCUT2D eigenvalue weighted by Crippen LogP contribution is -2.44. The van der Waals surface area contributed by atoms with Crippen LogP contribution in [-0.4, -0.2) is 34.5 Å². The molecule has 0 spiro atoms. The number of ether oxygens (including phenoxy) is 2. The molecule has 1 N–H and O–H groups in total. The van der Waals surface area contributed by atoms with Gasteiger partial charge >= 0.3 is 18.2 Å². The minimum atomic E-state index is -1.46. The van der Waals surface area contributed by atoms with E-state index in [0.717, 1.165) is 11.1 Å². The van der Waals surface area contributed by atoms with Gasteiger partial charge < -0.3 is 19.0 Å². The van der Waals surface area contributed by atoms with Crippen molar-refractivity contribution in [3.63, 3.8) is 0 Å². The third kappa shape index (κ3) is 5.69. The van der Waals surface area contributed by atoms with Crippen molar-refractivity contribution in [2.75, 3.05) is 4.90 Å². The molecule has 0 fully saturated rings. The molecule has 0 saturated carbocycles. The average Bonchev–Trinajstić information content (AvgIpc) is 3.04. The van der Waals surface area contributed by atoms with Crippen molar-refractivity contribution in [1.82, 2.24) is 0 Å². The molecule has 2 amide bonds. The zero-order valence-corrected chi connectivity index (χ0v) is 20.5. The van der Waals surface area contributed by atoms with Gasteiger partial charge in [0.1, 0.15) is 22.5 Å². The van der Waals surface area contributed by atoms with Crippen LogP contribution in [0.3, 0.4) is 0 Å². The Bertz CT molecular complexity index is 1220. The first-order chi connectivity index (χ1) is 15.7.